The van der Waals surface area contributed by atoms with Crippen LogP contribution in [-0.4, -0.2) is 51.6 Å². The Labute approximate surface area is 112 Å². The number of carboxylic acid groups (broad SMARTS) is 1. The van der Waals surface area contributed by atoms with Crippen molar-refractivity contribution in [3.63, 3.8) is 0 Å². The maximum absolute atomic E-state index is 11.1. The van der Waals surface area contributed by atoms with Gasteiger partial charge in [-0.2, -0.15) is 0 Å². The molecule has 0 spiro atoms. The van der Waals surface area contributed by atoms with Crippen molar-refractivity contribution in [3.05, 3.63) is 17.6 Å². The van der Waals surface area contributed by atoms with Crippen molar-refractivity contribution in [1.29, 1.82) is 0 Å². The van der Waals surface area contributed by atoms with Gasteiger partial charge in [0.2, 0.25) is 0 Å². The van der Waals surface area contributed by atoms with Gasteiger partial charge in [0.1, 0.15) is 17.2 Å². The second kappa shape index (κ2) is 5.97. The number of rotatable bonds is 7. The van der Waals surface area contributed by atoms with Gasteiger partial charge < -0.3 is 10.4 Å². The molecule has 0 radical (unpaired) electrons. The van der Waals surface area contributed by atoms with E-state index in [1.165, 1.54) is 19.0 Å². The average molecular weight is 264 g/mol. The van der Waals surface area contributed by atoms with Crippen LogP contribution in [0.1, 0.15) is 35.9 Å². The minimum Gasteiger partial charge on any atom is -0.477 e. The summed E-state index contributed by atoms with van der Waals surface area (Å²) in [5.74, 6) is -0.0223. The smallest absolute Gasteiger partial charge is 0.341 e. The largest absolute Gasteiger partial charge is 0.477 e. The lowest BCUT2D eigenvalue weighted by atomic mass is 10.3. The zero-order valence-corrected chi connectivity index (χ0v) is 11.4. The number of carbonyl (C=O) groups is 1. The second-order valence-electron chi connectivity index (χ2n) is 4.77. The summed E-state index contributed by atoms with van der Waals surface area (Å²) in [7, 11) is 0. The second-order valence-corrected chi connectivity index (χ2v) is 4.77. The van der Waals surface area contributed by atoms with Crippen molar-refractivity contribution in [2.24, 2.45) is 0 Å². The van der Waals surface area contributed by atoms with Crippen LogP contribution in [0.3, 0.4) is 0 Å². The van der Waals surface area contributed by atoms with E-state index in [1.54, 1.807) is 6.92 Å². The minimum atomic E-state index is -1.00. The third-order valence-corrected chi connectivity index (χ3v) is 3.30. The third kappa shape index (κ3) is 3.64. The van der Waals surface area contributed by atoms with Crippen LogP contribution in [0.4, 0.5) is 5.82 Å². The Hall–Kier alpha value is -1.69. The van der Waals surface area contributed by atoms with Crippen molar-refractivity contribution in [2.75, 3.05) is 25.0 Å². The summed E-state index contributed by atoms with van der Waals surface area (Å²) in [6.45, 7) is 6.53. The van der Waals surface area contributed by atoms with Crippen LogP contribution in [-0.2, 0) is 0 Å². The molecular weight excluding hydrogens is 244 g/mol. The van der Waals surface area contributed by atoms with E-state index in [1.807, 2.05) is 0 Å². The molecule has 104 valence electrons. The molecule has 0 aromatic carbocycles. The number of nitrogens with one attached hydrogen (secondary N) is 1. The Kier molecular flexibility index (Phi) is 4.31. The number of hydrogen-bond acceptors (Lipinski definition) is 5. The van der Waals surface area contributed by atoms with Crippen LogP contribution in [0.2, 0.25) is 0 Å². The van der Waals surface area contributed by atoms with Crippen molar-refractivity contribution in [2.45, 2.75) is 32.7 Å². The highest BCUT2D eigenvalue weighted by Crippen LogP contribution is 2.26. The van der Waals surface area contributed by atoms with E-state index >= 15 is 0 Å². The highest BCUT2D eigenvalue weighted by molar-refractivity contribution is 5.92. The minimum absolute atomic E-state index is 0.125. The van der Waals surface area contributed by atoms with Gasteiger partial charge in [-0.15, -0.1) is 0 Å². The predicted molar refractivity (Wildman–Crippen MR) is 72.5 cm³/mol. The molecule has 1 aromatic heterocycles. The molecule has 0 saturated heterocycles. The fourth-order valence-corrected chi connectivity index (χ4v) is 2.12. The topological polar surface area (TPSA) is 78.3 Å². The van der Waals surface area contributed by atoms with E-state index in [0.29, 0.717) is 18.2 Å². The zero-order valence-electron chi connectivity index (χ0n) is 11.4. The lowest BCUT2D eigenvalue weighted by Crippen LogP contribution is -2.31. The third-order valence-electron chi connectivity index (χ3n) is 3.30. The Bertz CT molecular complexity index is 460. The van der Waals surface area contributed by atoms with Gasteiger partial charge in [-0.05, 0) is 26.3 Å². The van der Waals surface area contributed by atoms with Gasteiger partial charge in [0.05, 0.1) is 0 Å². The first-order valence-corrected chi connectivity index (χ1v) is 6.66. The molecule has 0 unspecified atom stereocenters. The maximum Gasteiger partial charge on any atom is 0.341 e. The molecule has 19 heavy (non-hydrogen) atoms. The van der Waals surface area contributed by atoms with Crippen LogP contribution >= 0.6 is 0 Å². The quantitative estimate of drug-likeness (QED) is 0.774. The molecule has 2 N–H and O–H groups in total. The van der Waals surface area contributed by atoms with Crippen molar-refractivity contribution in [3.8, 4) is 0 Å². The van der Waals surface area contributed by atoms with E-state index in [2.05, 4.69) is 27.1 Å². The van der Waals surface area contributed by atoms with Gasteiger partial charge in [-0.25, -0.2) is 14.8 Å². The van der Waals surface area contributed by atoms with Crippen LogP contribution in [0.5, 0.6) is 0 Å². The summed E-state index contributed by atoms with van der Waals surface area (Å²) in [4.78, 5) is 21.6. The first-order valence-electron chi connectivity index (χ1n) is 6.66. The molecule has 0 atom stereocenters. The highest BCUT2D eigenvalue weighted by Gasteiger charge is 2.27. The number of anilines is 1. The zero-order chi connectivity index (χ0) is 13.8. The van der Waals surface area contributed by atoms with Crippen LogP contribution in [0.15, 0.2) is 6.20 Å². The number of carboxylic acids is 1. The van der Waals surface area contributed by atoms with E-state index < -0.39 is 5.97 Å². The van der Waals surface area contributed by atoms with E-state index in [-0.39, 0.29) is 5.56 Å². The number of nitrogens with zero attached hydrogens (tertiary/aromatic N) is 3. The van der Waals surface area contributed by atoms with Gasteiger partial charge in [-0.1, -0.05) is 6.92 Å². The molecular formula is C13H20N4O2. The normalized spacial score (nSPS) is 14.7. The van der Waals surface area contributed by atoms with Gasteiger partial charge in [0.15, 0.2) is 0 Å². The number of aryl methyl sites for hydroxylation is 1. The molecule has 1 aromatic rings. The molecule has 0 aliphatic heterocycles. The van der Waals surface area contributed by atoms with Gasteiger partial charge in [-0.3, -0.25) is 4.90 Å². The van der Waals surface area contributed by atoms with Gasteiger partial charge in [0, 0.05) is 25.3 Å². The lowest BCUT2D eigenvalue weighted by molar-refractivity contribution is 0.0697. The summed E-state index contributed by atoms with van der Waals surface area (Å²) >= 11 is 0. The first kappa shape index (κ1) is 13.7. The van der Waals surface area contributed by atoms with Gasteiger partial charge >= 0.3 is 5.97 Å². The van der Waals surface area contributed by atoms with Crippen molar-refractivity contribution in [1.82, 2.24) is 14.9 Å². The molecule has 6 heteroatoms. The molecule has 2 rings (SSSR count). The molecule has 0 amide bonds. The number of likely N-dealkylation sites (N-methyl/N-ethyl adjacent to an activating group) is 1. The Morgan fingerprint density at radius 3 is 2.89 bits per heavy atom. The van der Waals surface area contributed by atoms with Gasteiger partial charge in [0.25, 0.3) is 0 Å². The fraction of sp³-hybridized carbons (Fsp3) is 0.615. The summed E-state index contributed by atoms with van der Waals surface area (Å²) in [5, 5.41) is 12.2. The summed E-state index contributed by atoms with van der Waals surface area (Å²) in [6.07, 6.45) is 3.91. The lowest BCUT2D eigenvalue weighted by Gasteiger charge is -2.20. The summed E-state index contributed by atoms with van der Waals surface area (Å²) < 4.78 is 0. The predicted octanol–water partition coefficient (Wildman–Crippen LogP) is 1.38. The molecule has 6 nitrogen and oxygen atoms in total. The Balaban J connectivity index is 1.94. The molecule has 0 bridgehead atoms. The Morgan fingerprint density at radius 2 is 2.32 bits per heavy atom. The highest BCUT2D eigenvalue weighted by atomic mass is 16.4. The first-order chi connectivity index (χ1) is 9.11. The molecule has 1 fully saturated rings. The number of aromatic nitrogens is 2. The summed E-state index contributed by atoms with van der Waals surface area (Å²) in [6, 6.07) is 0.720. The van der Waals surface area contributed by atoms with E-state index in [0.717, 1.165) is 19.1 Å². The summed E-state index contributed by atoms with van der Waals surface area (Å²) in [5.41, 5.74) is 0.125. The van der Waals surface area contributed by atoms with Crippen molar-refractivity contribution >= 4 is 11.8 Å². The van der Waals surface area contributed by atoms with E-state index in [4.69, 9.17) is 5.11 Å². The standard InChI is InChI=1S/C13H20N4O2/c1-3-17(10-4-5-10)7-6-14-12-11(13(18)19)8-15-9(2)16-12/h8,10H,3-7H2,1-2H3,(H,18,19)(H,14,15,16). The SMILES string of the molecule is CCN(CCNc1nc(C)ncc1C(=O)O)C1CC1. The fourth-order valence-electron chi connectivity index (χ4n) is 2.12. The monoisotopic (exact) mass is 264 g/mol. The Morgan fingerprint density at radius 1 is 1.58 bits per heavy atom. The molecule has 1 aliphatic rings. The van der Waals surface area contributed by atoms with Crippen LogP contribution in [0, 0.1) is 6.92 Å². The average Bonchev–Trinajstić information content (AvgIpc) is 3.18. The molecule has 1 saturated carbocycles. The van der Waals surface area contributed by atoms with E-state index in [9.17, 15) is 4.79 Å². The number of aromatic carboxylic acids is 1. The molecule has 1 aliphatic carbocycles. The number of hydrogen-bond donors (Lipinski definition) is 2. The molecule has 1 heterocycles. The van der Waals surface area contributed by atoms with Crippen molar-refractivity contribution < 1.29 is 9.90 Å². The van der Waals surface area contributed by atoms with Crippen LogP contribution in [0.25, 0.3) is 0 Å². The maximum atomic E-state index is 11.1. The van der Waals surface area contributed by atoms with Crippen LogP contribution < -0.4 is 5.32 Å².